The van der Waals surface area contributed by atoms with Gasteiger partial charge in [0, 0.05) is 18.1 Å². The predicted molar refractivity (Wildman–Crippen MR) is 82.3 cm³/mol. The molecule has 4 heteroatoms. The number of phenols is 1. The summed E-state index contributed by atoms with van der Waals surface area (Å²) in [6, 6.07) is 12.1. The number of benzene rings is 2. The highest BCUT2D eigenvalue weighted by Crippen LogP contribution is 2.51. The van der Waals surface area contributed by atoms with Gasteiger partial charge in [-0.05, 0) is 36.6 Å². The topological polar surface area (TPSA) is 41.5 Å². The van der Waals surface area contributed by atoms with E-state index in [0.29, 0.717) is 0 Å². The first-order valence-corrected chi connectivity index (χ1v) is 7.69. The van der Waals surface area contributed by atoms with Crippen LogP contribution in [0.25, 0.3) is 0 Å². The predicted octanol–water partition coefficient (Wildman–Crippen LogP) is 4.17. The highest BCUT2D eigenvalue weighted by Gasteiger charge is 2.40. The summed E-state index contributed by atoms with van der Waals surface area (Å²) in [6.07, 6.45) is 2.05. The van der Waals surface area contributed by atoms with Crippen LogP contribution in [0.5, 0.6) is 5.75 Å². The summed E-state index contributed by atoms with van der Waals surface area (Å²) in [4.78, 5) is 0. The van der Waals surface area contributed by atoms with Crippen molar-refractivity contribution >= 4 is 5.69 Å². The van der Waals surface area contributed by atoms with E-state index in [1.54, 1.807) is 6.07 Å². The second kappa shape index (κ2) is 5.29. The lowest BCUT2D eigenvalue weighted by Gasteiger charge is -2.43. The molecular weight excluding hydrogens is 281 g/mol. The van der Waals surface area contributed by atoms with Gasteiger partial charge in [0.1, 0.15) is 11.6 Å². The van der Waals surface area contributed by atoms with Crippen LogP contribution in [0.1, 0.15) is 36.1 Å². The lowest BCUT2D eigenvalue weighted by atomic mass is 9.77. The van der Waals surface area contributed by atoms with Gasteiger partial charge in [-0.25, -0.2) is 4.39 Å². The number of para-hydroxylation sites is 1. The number of hydrogen-bond donors (Lipinski definition) is 2. The average Bonchev–Trinajstić information content (AvgIpc) is 2.55. The quantitative estimate of drug-likeness (QED) is 0.777. The molecule has 0 spiro atoms. The largest absolute Gasteiger partial charge is 0.506 e. The van der Waals surface area contributed by atoms with Gasteiger partial charge >= 0.3 is 0 Å². The molecule has 1 saturated heterocycles. The van der Waals surface area contributed by atoms with E-state index in [9.17, 15) is 9.50 Å². The molecule has 2 aromatic rings. The molecule has 3 nitrogen and oxygen atoms in total. The summed E-state index contributed by atoms with van der Waals surface area (Å²) in [5, 5.41) is 13.6. The summed E-state index contributed by atoms with van der Waals surface area (Å²) < 4.78 is 19.2. The normalized spacial score (nSPS) is 26.7. The minimum absolute atomic E-state index is 0.0201. The van der Waals surface area contributed by atoms with Crippen LogP contribution in [-0.4, -0.2) is 11.7 Å². The Balaban J connectivity index is 1.79. The van der Waals surface area contributed by atoms with E-state index in [2.05, 4.69) is 5.32 Å². The molecule has 0 radical (unpaired) electrons. The number of anilines is 1. The van der Waals surface area contributed by atoms with Gasteiger partial charge < -0.3 is 15.2 Å². The number of halogens is 1. The molecule has 1 fully saturated rings. The number of phenolic OH excluding ortho intramolecular Hbond substituents is 1. The van der Waals surface area contributed by atoms with Crippen molar-refractivity contribution in [2.45, 2.75) is 25.0 Å². The first-order valence-electron chi connectivity index (χ1n) is 7.69. The first kappa shape index (κ1) is 13.6. The van der Waals surface area contributed by atoms with E-state index in [-0.39, 0.29) is 29.6 Å². The van der Waals surface area contributed by atoms with Gasteiger partial charge in [-0.1, -0.05) is 24.3 Å². The molecule has 2 aliphatic rings. The Morgan fingerprint density at radius 3 is 2.77 bits per heavy atom. The zero-order valence-electron chi connectivity index (χ0n) is 12.1. The van der Waals surface area contributed by atoms with Crippen molar-refractivity contribution in [2.75, 3.05) is 11.9 Å². The Bertz CT molecular complexity index is 686. The van der Waals surface area contributed by atoms with Gasteiger partial charge in [-0.3, -0.25) is 0 Å². The molecule has 0 bridgehead atoms. The smallest absolute Gasteiger partial charge is 0.139 e. The van der Waals surface area contributed by atoms with E-state index in [1.807, 2.05) is 24.3 Å². The molecule has 2 aliphatic heterocycles. The SMILES string of the molecule is Oc1cccc2c1N[C@H](c1ccc(F)cc1)[C@H]1CCCO[C@@H]21. The van der Waals surface area contributed by atoms with Gasteiger partial charge in [-0.15, -0.1) is 0 Å². The maximum atomic E-state index is 13.2. The van der Waals surface area contributed by atoms with E-state index < -0.39 is 0 Å². The summed E-state index contributed by atoms with van der Waals surface area (Å²) in [5.41, 5.74) is 2.78. The van der Waals surface area contributed by atoms with Crippen LogP contribution in [0.4, 0.5) is 10.1 Å². The van der Waals surface area contributed by atoms with Crippen molar-refractivity contribution in [3.8, 4) is 5.75 Å². The molecule has 0 aliphatic carbocycles. The molecule has 4 rings (SSSR count). The maximum absolute atomic E-state index is 13.2. The zero-order chi connectivity index (χ0) is 15.1. The van der Waals surface area contributed by atoms with Crippen LogP contribution in [0.3, 0.4) is 0 Å². The molecule has 0 aromatic heterocycles. The Hall–Kier alpha value is -2.07. The summed E-state index contributed by atoms with van der Waals surface area (Å²) in [6.45, 7) is 0.742. The van der Waals surface area contributed by atoms with Gasteiger partial charge in [0.25, 0.3) is 0 Å². The van der Waals surface area contributed by atoms with Crippen LogP contribution in [0.2, 0.25) is 0 Å². The van der Waals surface area contributed by atoms with Crippen molar-refractivity contribution in [2.24, 2.45) is 5.92 Å². The second-order valence-electron chi connectivity index (χ2n) is 6.01. The van der Waals surface area contributed by atoms with Gasteiger partial charge in [-0.2, -0.15) is 0 Å². The molecule has 2 N–H and O–H groups in total. The number of nitrogens with one attached hydrogen (secondary N) is 1. The van der Waals surface area contributed by atoms with E-state index in [1.165, 1.54) is 12.1 Å². The average molecular weight is 299 g/mol. The summed E-state index contributed by atoms with van der Waals surface area (Å²) in [7, 11) is 0. The Labute approximate surface area is 128 Å². The number of fused-ring (bicyclic) bond motifs is 3. The fraction of sp³-hybridized carbons (Fsp3) is 0.333. The number of ether oxygens (including phenoxy) is 1. The molecular formula is C18H18FNO2. The van der Waals surface area contributed by atoms with E-state index in [4.69, 9.17) is 4.74 Å². The van der Waals surface area contributed by atoms with Crippen molar-refractivity contribution in [3.05, 3.63) is 59.4 Å². The van der Waals surface area contributed by atoms with Crippen molar-refractivity contribution in [3.63, 3.8) is 0 Å². The molecule has 0 amide bonds. The lowest BCUT2D eigenvalue weighted by molar-refractivity contribution is -0.0382. The number of aromatic hydroxyl groups is 1. The molecule has 2 heterocycles. The van der Waals surface area contributed by atoms with Gasteiger partial charge in [0.05, 0.1) is 17.8 Å². The third-order valence-electron chi connectivity index (χ3n) is 4.71. The van der Waals surface area contributed by atoms with Gasteiger partial charge in [0.2, 0.25) is 0 Å². The number of hydrogen-bond acceptors (Lipinski definition) is 3. The van der Waals surface area contributed by atoms with Crippen LogP contribution in [0, 0.1) is 11.7 Å². The Morgan fingerprint density at radius 1 is 1.14 bits per heavy atom. The first-order chi connectivity index (χ1) is 10.7. The maximum Gasteiger partial charge on any atom is 0.139 e. The monoisotopic (exact) mass is 299 g/mol. The van der Waals surface area contributed by atoms with Crippen molar-refractivity contribution in [1.82, 2.24) is 0 Å². The van der Waals surface area contributed by atoms with Crippen LogP contribution in [-0.2, 0) is 4.74 Å². The Kier molecular flexibility index (Phi) is 3.26. The molecule has 0 saturated carbocycles. The molecule has 22 heavy (non-hydrogen) atoms. The highest BCUT2D eigenvalue weighted by atomic mass is 19.1. The molecule has 2 aromatic carbocycles. The minimum Gasteiger partial charge on any atom is -0.506 e. The van der Waals surface area contributed by atoms with E-state index >= 15 is 0 Å². The molecule has 114 valence electrons. The van der Waals surface area contributed by atoms with Crippen LogP contribution >= 0.6 is 0 Å². The third-order valence-corrected chi connectivity index (χ3v) is 4.71. The summed E-state index contributed by atoms with van der Waals surface area (Å²) in [5.74, 6) is 0.282. The zero-order valence-corrected chi connectivity index (χ0v) is 12.1. The van der Waals surface area contributed by atoms with Gasteiger partial charge in [0.15, 0.2) is 0 Å². The standard InChI is InChI=1S/C18H18FNO2/c19-12-8-6-11(7-9-12)16-13-4-2-10-22-18(13)14-3-1-5-15(21)17(14)20-16/h1,3,5-9,13,16,18,20-21H,2,4,10H2/t13-,16-,18-/m1/s1. The third kappa shape index (κ3) is 2.15. The minimum atomic E-state index is -0.237. The fourth-order valence-corrected chi connectivity index (χ4v) is 3.68. The van der Waals surface area contributed by atoms with Crippen molar-refractivity contribution < 1.29 is 14.2 Å². The highest BCUT2D eigenvalue weighted by molar-refractivity contribution is 5.65. The van der Waals surface area contributed by atoms with Crippen LogP contribution < -0.4 is 5.32 Å². The van der Waals surface area contributed by atoms with Crippen molar-refractivity contribution in [1.29, 1.82) is 0 Å². The van der Waals surface area contributed by atoms with E-state index in [0.717, 1.165) is 36.3 Å². The Morgan fingerprint density at radius 2 is 1.95 bits per heavy atom. The number of rotatable bonds is 1. The fourth-order valence-electron chi connectivity index (χ4n) is 3.68. The lowest BCUT2D eigenvalue weighted by Crippen LogP contribution is -2.36. The summed E-state index contributed by atoms with van der Waals surface area (Å²) >= 11 is 0. The van der Waals surface area contributed by atoms with Crippen LogP contribution in [0.15, 0.2) is 42.5 Å². The second-order valence-corrected chi connectivity index (χ2v) is 6.01. The molecule has 3 atom stereocenters. The molecule has 0 unspecified atom stereocenters.